The number of halogens is 1. The summed E-state index contributed by atoms with van der Waals surface area (Å²) in [5.41, 5.74) is 4.36. The van der Waals surface area contributed by atoms with Crippen molar-refractivity contribution in [3.8, 4) is 0 Å². The van der Waals surface area contributed by atoms with Crippen LogP contribution in [0.15, 0.2) is 72.8 Å². The number of nitrogens with one attached hydrogen (secondary N) is 2. The van der Waals surface area contributed by atoms with Gasteiger partial charge in [0, 0.05) is 22.9 Å². The lowest BCUT2D eigenvalue weighted by Gasteiger charge is -2.14. The van der Waals surface area contributed by atoms with Gasteiger partial charge in [0.15, 0.2) is 6.61 Å². The first-order valence-corrected chi connectivity index (χ1v) is 10.4. The van der Waals surface area contributed by atoms with Gasteiger partial charge in [-0.05, 0) is 59.5 Å². The van der Waals surface area contributed by atoms with Crippen LogP contribution in [0.1, 0.15) is 41.3 Å². The lowest BCUT2D eigenvalue weighted by atomic mass is 10.0. The summed E-state index contributed by atoms with van der Waals surface area (Å²) in [6.07, 6.45) is 0. The first-order chi connectivity index (χ1) is 14.9. The van der Waals surface area contributed by atoms with E-state index in [0.717, 1.165) is 16.9 Å². The Morgan fingerprint density at radius 1 is 0.968 bits per heavy atom. The van der Waals surface area contributed by atoms with Crippen LogP contribution >= 0.6 is 11.6 Å². The minimum Gasteiger partial charge on any atom is -0.452 e. The van der Waals surface area contributed by atoms with E-state index in [-0.39, 0.29) is 12.5 Å². The number of rotatable bonds is 8. The molecule has 1 amide bonds. The molecule has 3 rings (SSSR count). The van der Waals surface area contributed by atoms with Gasteiger partial charge in [-0.1, -0.05) is 55.8 Å². The first-order valence-electron chi connectivity index (χ1n) is 10.1. The van der Waals surface area contributed by atoms with E-state index in [1.807, 2.05) is 42.5 Å². The standard InChI is InChI=1S/C25H25ClN2O3/c1-17(2)22-8-3-4-9-23(22)28-21-12-10-19(11-13-21)25(30)31-16-24(29)27-15-18-6-5-7-20(26)14-18/h3-14,17,28H,15-16H2,1-2H3,(H,27,29). The van der Waals surface area contributed by atoms with Crippen LogP contribution in [-0.2, 0) is 16.1 Å². The minimum atomic E-state index is -0.549. The Labute approximate surface area is 187 Å². The van der Waals surface area contributed by atoms with Crippen molar-refractivity contribution >= 4 is 34.9 Å². The van der Waals surface area contributed by atoms with E-state index in [1.165, 1.54) is 5.56 Å². The van der Waals surface area contributed by atoms with E-state index >= 15 is 0 Å². The van der Waals surface area contributed by atoms with Gasteiger partial charge in [0.2, 0.25) is 0 Å². The number of ether oxygens (including phenoxy) is 1. The summed E-state index contributed by atoms with van der Waals surface area (Å²) in [5.74, 6) is -0.535. The second-order valence-corrected chi connectivity index (χ2v) is 7.86. The average Bonchev–Trinajstić information content (AvgIpc) is 2.77. The van der Waals surface area contributed by atoms with Gasteiger partial charge >= 0.3 is 5.97 Å². The number of hydrogen-bond donors (Lipinski definition) is 2. The summed E-state index contributed by atoms with van der Waals surface area (Å²) in [6, 6.07) is 22.3. The van der Waals surface area contributed by atoms with Gasteiger partial charge in [0.25, 0.3) is 5.91 Å². The Morgan fingerprint density at radius 2 is 1.71 bits per heavy atom. The van der Waals surface area contributed by atoms with E-state index in [2.05, 4.69) is 30.5 Å². The molecule has 160 valence electrons. The van der Waals surface area contributed by atoms with Crippen LogP contribution < -0.4 is 10.6 Å². The van der Waals surface area contributed by atoms with Crippen LogP contribution in [0.3, 0.4) is 0 Å². The quantitative estimate of drug-likeness (QED) is 0.446. The largest absolute Gasteiger partial charge is 0.452 e. The van der Waals surface area contributed by atoms with Crippen LogP contribution in [0, 0.1) is 0 Å². The first kappa shape index (κ1) is 22.4. The molecule has 0 spiro atoms. The monoisotopic (exact) mass is 436 g/mol. The third kappa shape index (κ3) is 6.59. The lowest BCUT2D eigenvalue weighted by Crippen LogP contribution is -2.28. The van der Waals surface area contributed by atoms with Crippen molar-refractivity contribution in [2.45, 2.75) is 26.3 Å². The molecule has 0 fully saturated rings. The van der Waals surface area contributed by atoms with E-state index in [1.54, 1.807) is 24.3 Å². The topological polar surface area (TPSA) is 67.4 Å². The van der Waals surface area contributed by atoms with Crippen LogP contribution in [-0.4, -0.2) is 18.5 Å². The predicted octanol–water partition coefficient (Wildman–Crippen LogP) is 5.68. The molecular weight excluding hydrogens is 412 g/mol. The van der Waals surface area contributed by atoms with Crippen LogP contribution in [0.4, 0.5) is 11.4 Å². The molecule has 2 N–H and O–H groups in total. The SMILES string of the molecule is CC(C)c1ccccc1Nc1ccc(C(=O)OCC(=O)NCc2cccc(Cl)c2)cc1. The number of carbonyl (C=O) groups excluding carboxylic acids is 2. The highest BCUT2D eigenvalue weighted by atomic mass is 35.5. The maximum absolute atomic E-state index is 12.2. The molecular formula is C25H25ClN2O3. The van der Waals surface area contributed by atoms with Gasteiger partial charge in [0.05, 0.1) is 5.56 Å². The summed E-state index contributed by atoms with van der Waals surface area (Å²) < 4.78 is 5.11. The molecule has 5 nitrogen and oxygen atoms in total. The second-order valence-electron chi connectivity index (χ2n) is 7.43. The molecule has 0 aliphatic carbocycles. The molecule has 0 bridgehead atoms. The molecule has 0 aliphatic heterocycles. The van der Waals surface area contributed by atoms with Crippen molar-refractivity contribution in [3.05, 3.63) is 94.5 Å². The molecule has 0 saturated heterocycles. The molecule has 0 radical (unpaired) electrons. The number of hydrogen-bond acceptors (Lipinski definition) is 4. The van der Waals surface area contributed by atoms with Crippen molar-refractivity contribution in [1.82, 2.24) is 5.32 Å². The van der Waals surface area contributed by atoms with Gasteiger partial charge in [-0.3, -0.25) is 4.79 Å². The van der Waals surface area contributed by atoms with Crippen LogP contribution in [0.2, 0.25) is 5.02 Å². The second kappa shape index (κ2) is 10.6. The number of para-hydroxylation sites is 1. The number of benzene rings is 3. The predicted molar refractivity (Wildman–Crippen MR) is 124 cm³/mol. The fraction of sp³-hybridized carbons (Fsp3) is 0.200. The van der Waals surface area contributed by atoms with Crippen molar-refractivity contribution in [1.29, 1.82) is 0 Å². The van der Waals surface area contributed by atoms with E-state index in [9.17, 15) is 9.59 Å². The van der Waals surface area contributed by atoms with E-state index < -0.39 is 5.97 Å². The highest BCUT2D eigenvalue weighted by molar-refractivity contribution is 6.30. The zero-order valence-corrected chi connectivity index (χ0v) is 18.3. The number of amides is 1. The third-order valence-electron chi connectivity index (χ3n) is 4.70. The highest BCUT2D eigenvalue weighted by Gasteiger charge is 2.11. The Hall–Kier alpha value is -3.31. The molecule has 3 aromatic carbocycles. The number of carbonyl (C=O) groups is 2. The Balaban J connectivity index is 1.50. The summed E-state index contributed by atoms with van der Waals surface area (Å²) in [6.45, 7) is 4.26. The molecule has 0 unspecified atom stereocenters. The molecule has 6 heteroatoms. The maximum Gasteiger partial charge on any atom is 0.338 e. The zero-order valence-electron chi connectivity index (χ0n) is 17.5. The Morgan fingerprint density at radius 3 is 2.42 bits per heavy atom. The molecule has 0 saturated carbocycles. The van der Waals surface area contributed by atoms with Crippen molar-refractivity contribution < 1.29 is 14.3 Å². The van der Waals surface area contributed by atoms with E-state index in [4.69, 9.17) is 16.3 Å². The Kier molecular flexibility index (Phi) is 7.68. The zero-order chi connectivity index (χ0) is 22.2. The summed E-state index contributed by atoms with van der Waals surface area (Å²) in [5, 5.41) is 6.68. The van der Waals surface area contributed by atoms with E-state index in [0.29, 0.717) is 23.0 Å². The summed E-state index contributed by atoms with van der Waals surface area (Å²) in [7, 11) is 0. The Bertz CT molecular complexity index is 1050. The fourth-order valence-corrected chi connectivity index (χ4v) is 3.29. The number of esters is 1. The molecule has 0 aliphatic rings. The van der Waals surface area contributed by atoms with Crippen molar-refractivity contribution in [2.24, 2.45) is 0 Å². The maximum atomic E-state index is 12.2. The van der Waals surface area contributed by atoms with Crippen LogP contribution in [0.5, 0.6) is 0 Å². The van der Waals surface area contributed by atoms with Gasteiger partial charge < -0.3 is 15.4 Å². The number of anilines is 2. The molecule has 0 heterocycles. The van der Waals surface area contributed by atoms with Gasteiger partial charge in [-0.25, -0.2) is 4.79 Å². The normalized spacial score (nSPS) is 10.6. The third-order valence-corrected chi connectivity index (χ3v) is 4.93. The van der Waals surface area contributed by atoms with Gasteiger partial charge in [-0.15, -0.1) is 0 Å². The van der Waals surface area contributed by atoms with Crippen LogP contribution in [0.25, 0.3) is 0 Å². The van der Waals surface area contributed by atoms with Gasteiger partial charge in [-0.2, -0.15) is 0 Å². The summed E-state index contributed by atoms with van der Waals surface area (Å²) in [4.78, 5) is 24.2. The molecule has 0 atom stereocenters. The summed E-state index contributed by atoms with van der Waals surface area (Å²) >= 11 is 5.92. The highest BCUT2D eigenvalue weighted by Crippen LogP contribution is 2.27. The average molecular weight is 437 g/mol. The lowest BCUT2D eigenvalue weighted by molar-refractivity contribution is -0.124. The minimum absolute atomic E-state index is 0.315. The van der Waals surface area contributed by atoms with Crippen molar-refractivity contribution in [3.63, 3.8) is 0 Å². The van der Waals surface area contributed by atoms with Crippen molar-refractivity contribution in [2.75, 3.05) is 11.9 Å². The molecule has 3 aromatic rings. The molecule has 31 heavy (non-hydrogen) atoms. The smallest absolute Gasteiger partial charge is 0.338 e. The molecule has 0 aromatic heterocycles. The van der Waals surface area contributed by atoms with Gasteiger partial charge in [0.1, 0.15) is 0 Å². The fourth-order valence-electron chi connectivity index (χ4n) is 3.07.